The summed E-state index contributed by atoms with van der Waals surface area (Å²) >= 11 is 0. The van der Waals surface area contributed by atoms with Crippen LogP contribution in [0.4, 0.5) is 0 Å². The lowest BCUT2D eigenvalue weighted by molar-refractivity contribution is -0.130. The number of carbonyl (C=O) groups excluding carboxylic acids is 2. The number of ether oxygens (including phenoxy) is 1. The summed E-state index contributed by atoms with van der Waals surface area (Å²) in [5.41, 5.74) is 2.78. The lowest BCUT2D eigenvalue weighted by Crippen LogP contribution is -2.34. The summed E-state index contributed by atoms with van der Waals surface area (Å²) in [6.45, 7) is 2.46. The molecule has 0 saturated carbocycles. The smallest absolute Gasteiger partial charge is 0.290 e. The summed E-state index contributed by atoms with van der Waals surface area (Å²) < 4.78 is 5.31. The molecule has 1 amide bonds. The van der Waals surface area contributed by atoms with Gasteiger partial charge in [0, 0.05) is 6.54 Å². The molecule has 1 aliphatic heterocycles. The number of carbonyl (C=O) groups is 2. The molecular formula is C25H27NO5. The van der Waals surface area contributed by atoms with Crippen LogP contribution < -0.4 is 0 Å². The lowest BCUT2D eigenvalue weighted by atomic mass is 9.94. The molecule has 31 heavy (non-hydrogen) atoms. The first-order valence-corrected chi connectivity index (χ1v) is 10.4. The Balaban J connectivity index is 1.92. The lowest BCUT2D eigenvalue weighted by Gasteiger charge is -2.26. The van der Waals surface area contributed by atoms with Crippen molar-refractivity contribution in [3.8, 4) is 0 Å². The number of hydrogen-bond donors (Lipinski definition) is 2. The fourth-order valence-electron chi connectivity index (χ4n) is 3.57. The van der Waals surface area contributed by atoms with Crippen LogP contribution in [0.1, 0.15) is 29.7 Å². The second-order valence-electron chi connectivity index (χ2n) is 7.20. The highest BCUT2D eigenvalue weighted by Crippen LogP contribution is 2.38. The highest BCUT2D eigenvalue weighted by molar-refractivity contribution is 6.14. The fourth-order valence-corrected chi connectivity index (χ4v) is 3.57. The maximum Gasteiger partial charge on any atom is 0.290 e. The summed E-state index contributed by atoms with van der Waals surface area (Å²) in [5, 5.41) is 19.5. The molecule has 3 rings (SSSR count). The van der Waals surface area contributed by atoms with Gasteiger partial charge in [-0.1, -0.05) is 67.6 Å². The van der Waals surface area contributed by atoms with Gasteiger partial charge in [-0.3, -0.25) is 9.59 Å². The van der Waals surface area contributed by atoms with Crippen molar-refractivity contribution in [2.24, 2.45) is 0 Å². The zero-order valence-corrected chi connectivity index (χ0v) is 17.5. The Bertz CT molecular complexity index is 963. The quantitative estimate of drug-likeness (QED) is 0.454. The number of nitrogens with zero attached hydrogens (tertiary/aromatic N) is 1. The van der Waals surface area contributed by atoms with E-state index in [0.717, 1.165) is 23.1 Å². The summed E-state index contributed by atoms with van der Waals surface area (Å²) in [6, 6.07) is 16.3. The van der Waals surface area contributed by atoms with Gasteiger partial charge in [0.15, 0.2) is 11.5 Å². The van der Waals surface area contributed by atoms with Crippen LogP contribution in [0, 0.1) is 0 Å². The van der Waals surface area contributed by atoms with Crippen LogP contribution in [-0.2, 0) is 20.7 Å². The topological polar surface area (TPSA) is 87.1 Å². The molecule has 2 N–H and O–H groups in total. The monoisotopic (exact) mass is 421 g/mol. The second-order valence-corrected chi connectivity index (χ2v) is 7.20. The fraction of sp³-hybridized carbons (Fsp3) is 0.280. The molecule has 0 radical (unpaired) electrons. The second kappa shape index (κ2) is 10.7. The van der Waals surface area contributed by atoms with Gasteiger partial charge in [0.2, 0.25) is 0 Å². The van der Waals surface area contributed by atoms with Crippen molar-refractivity contribution in [1.29, 1.82) is 0 Å². The van der Waals surface area contributed by atoms with Crippen molar-refractivity contribution >= 4 is 17.8 Å². The van der Waals surface area contributed by atoms with Crippen molar-refractivity contribution in [1.82, 2.24) is 4.90 Å². The Morgan fingerprint density at radius 3 is 2.45 bits per heavy atom. The number of ketones is 1. The Morgan fingerprint density at radius 2 is 1.81 bits per heavy atom. The zero-order chi connectivity index (χ0) is 22.2. The largest absolute Gasteiger partial charge is 0.503 e. The molecule has 6 nitrogen and oxygen atoms in total. The molecule has 1 aliphatic rings. The van der Waals surface area contributed by atoms with E-state index in [1.807, 2.05) is 61.5 Å². The summed E-state index contributed by atoms with van der Waals surface area (Å²) in [4.78, 5) is 27.3. The van der Waals surface area contributed by atoms with E-state index < -0.39 is 23.5 Å². The van der Waals surface area contributed by atoms with Gasteiger partial charge in [-0.25, -0.2) is 0 Å². The van der Waals surface area contributed by atoms with Crippen molar-refractivity contribution in [2.45, 2.75) is 19.4 Å². The normalized spacial score (nSPS) is 16.5. The van der Waals surface area contributed by atoms with Gasteiger partial charge in [0.05, 0.1) is 31.4 Å². The number of allylic oxidation sites excluding steroid dienone is 1. The maximum atomic E-state index is 13.1. The molecule has 0 spiro atoms. The van der Waals surface area contributed by atoms with Gasteiger partial charge in [0.25, 0.3) is 5.91 Å². The summed E-state index contributed by atoms with van der Waals surface area (Å²) in [6.07, 6.45) is 3.92. The average Bonchev–Trinajstić information content (AvgIpc) is 3.06. The SMILES string of the molecule is CCc1ccc(C2C(C(=O)/C=C/c3ccccc3)=C(O)C(=O)N2CCOCCO)cc1. The van der Waals surface area contributed by atoms with E-state index >= 15 is 0 Å². The third kappa shape index (κ3) is 5.29. The Hall–Kier alpha value is -3.22. The van der Waals surface area contributed by atoms with Crippen LogP contribution in [-0.4, -0.2) is 53.2 Å². The van der Waals surface area contributed by atoms with Crippen molar-refractivity contribution < 1.29 is 24.5 Å². The summed E-state index contributed by atoms with van der Waals surface area (Å²) in [5.74, 6) is -1.55. The molecule has 6 heteroatoms. The summed E-state index contributed by atoms with van der Waals surface area (Å²) in [7, 11) is 0. The molecule has 0 bridgehead atoms. The molecule has 1 unspecified atom stereocenters. The van der Waals surface area contributed by atoms with Crippen LogP contribution in [0.3, 0.4) is 0 Å². The van der Waals surface area contributed by atoms with E-state index in [1.165, 1.54) is 11.0 Å². The van der Waals surface area contributed by atoms with E-state index in [2.05, 4.69) is 0 Å². The van der Waals surface area contributed by atoms with Crippen molar-refractivity contribution in [3.05, 3.63) is 88.7 Å². The maximum absolute atomic E-state index is 13.1. The van der Waals surface area contributed by atoms with Gasteiger partial charge in [-0.2, -0.15) is 0 Å². The van der Waals surface area contributed by atoms with Crippen LogP contribution in [0.5, 0.6) is 0 Å². The first kappa shape index (κ1) is 22.5. The number of aliphatic hydroxyl groups excluding tert-OH is 2. The molecule has 0 aliphatic carbocycles. The number of rotatable bonds is 10. The molecule has 0 fully saturated rings. The van der Waals surface area contributed by atoms with E-state index in [-0.39, 0.29) is 31.9 Å². The van der Waals surface area contributed by atoms with Crippen LogP contribution in [0.2, 0.25) is 0 Å². The third-order valence-corrected chi connectivity index (χ3v) is 5.21. The molecule has 0 saturated heterocycles. The van der Waals surface area contributed by atoms with Crippen molar-refractivity contribution in [2.75, 3.05) is 26.4 Å². The Kier molecular flexibility index (Phi) is 7.76. The Morgan fingerprint density at radius 1 is 1.10 bits per heavy atom. The minimum absolute atomic E-state index is 0.0589. The van der Waals surface area contributed by atoms with Gasteiger partial charge in [-0.05, 0) is 29.2 Å². The van der Waals surface area contributed by atoms with Crippen LogP contribution in [0.25, 0.3) is 6.08 Å². The van der Waals surface area contributed by atoms with E-state index in [9.17, 15) is 14.7 Å². The molecular weight excluding hydrogens is 394 g/mol. The predicted octanol–water partition coefficient (Wildman–Crippen LogP) is 3.24. The average molecular weight is 421 g/mol. The van der Waals surface area contributed by atoms with Crippen molar-refractivity contribution in [3.63, 3.8) is 0 Å². The molecule has 2 aromatic carbocycles. The third-order valence-electron chi connectivity index (χ3n) is 5.21. The highest BCUT2D eigenvalue weighted by Gasteiger charge is 2.42. The highest BCUT2D eigenvalue weighted by atomic mass is 16.5. The van der Waals surface area contributed by atoms with Gasteiger partial charge >= 0.3 is 0 Å². The number of hydrogen-bond acceptors (Lipinski definition) is 5. The number of aliphatic hydroxyl groups is 2. The van der Waals surface area contributed by atoms with Crippen LogP contribution in [0.15, 0.2) is 72.0 Å². The number of benzene rings is 2. The molecule has 1 heterocycles. The minimum atomic E-state index is -0.705. The van der Waals surface area contributed by atoms with Gasteiger partial charge < -0.3 is 19.8 Å². The predicted molar refractivity (Wildman–Crippen MR) is 118 cm³/mol. The molecule has 0 aromatic heterocycles. The van der Waals surface area contributed by atoms with Gasteiger partial charge in [0.1, 0.15) is 0 Å². The number of aryl methyl sites for hydroxylation is 1. The van der Waals surface area contributed by atoms with Crippen LogP contribution >= 0.6 is 0 Å². The van der Waals surface area contributed by atoms with E-state index in [4.69, 9.17) is 9.84 Å². The standard InChI is InChI=1S/C25H27NO5/c1-2-18-8-11-20(12-9-18)23-22(21(28)13-10-19-6-4-3-5-7-19)24(29)25(30)26(23)14-16-31-17-15-27/h3-13,23,27,29H,2,14-17H2,1H3/b13-10+. The molecule has 1 atom stereocenters. The van der Waals surface area contributed by atoms with E-state index in [1.54, 1.807) is 6.08 Å². The van der Waals surface area contributed by atoms with Gasteiger partial charge in [-0.15, -0.1) is 0 Å². The first-order chi connectivity index (χ1) is 15.1. The molecule has 162 valence electrons. The zero-order valence-electron chi connectivity index (χ0n) is 17.5. The van der Waals surface area contributed by atoms with E-state index in [0.29, 0.717) is 0 Å². The minimum Gasteiger partial charge on any atom is -0.503 e. The Labute approximate surface area is 182 Å². The number of amides is 1. The molecule has 2 aromatic rings. The first-order valence-electron chi connectivity index (χ1n) is 10.4.